The Bertz CT molecular complexity index is 372. The monoisotopic (exact) mass is 270 g/mol. The van der Waals surface area contributed by atoms with Crippen molar-refractivity contribution in [2.24, 2.45) is 0 Å². The summed E-state index contributed by atoms with van der Waals surface area (Å²) in [6.45, 7) is 1.18. The van der Waals surface area contributed by atoms with E-state index in [1.807, 2.05) is 24.3 Å². The number of methoxy groups -OCH3 is 1. The topological polar surface area (TPSA) is 50.4 Å². The molecule has 1 aromatic rings. The quantitative estimate of drug-likeness (QED) is 0.589. The van der Waals surface area contributed by atoms with Crippen LogP contribution in [0.1, 0.15) is 12.0 Å². The lowest BCUT2D eigenvalue weighted by molar-refractivity contribution is 0.241. The fourth-order valence-corrected chi connectivity index (χ4v) is 1.69. The van der Waals surface area contributed by atoms with Gasteiger partial charge in [0.15, 0.2) is 0 Å². The van der Waals surface area contributed by atoms with Crippen LogP contribution in [0.5, 0.6) is 5.75 Å². The van der Waals surface area contributed by atoms with E-state index < -0.39 is 0 Å². The van der Waals surface area contributed by atoms with Crippen molar-refractivity contribution in [2.75, 3.05) is 26.1 Å². The van der Waals surface area contributed by atoms with Crippen LogP contribution in [-0.4, -0.2) is 32.1 Å². The summed E-state index contributed by atoms with van der Waals surface area (Å²) in [4.78, 5) is 11.4. The standard InChI is InChI=1S/C13H19ClN2O2/c1-18-12-6-3-2-5-11(12)7-10-16-13(17)15-9-4-8-14/h2-3,5-6H,4,7-10H2,1H3,(H2,15,16,17). The SMILES string of the molecule is COc1ccccc1CCNC(=O)NCCCCl. The fraction of sp³-hybridized carbons (Fsp3) is 0.462. The number of hydrogen-bond donors (Lipinski definition) is 2. The molecule has 0 aliphatic carbocycles. The first kappa shape index (κ1) is 14.6. The number of halogens is 1. The van der Waals surface area contributed by atoms with Gasteiger partial charge in [-0.1, -0.05) is 18.2 Å². The third-order valence-corrected chi connectivity index (χ3v) is 2.74. The van der Waals surface area contributed by atoms with E-state index in [1.165, 1.54) is 0 Å². The molecule has 1 aromatic carbocycles. The molecule has 0 spiro atoms. The number of carbonyl (C=O) groups excluding carboxylic acids is 1. The molecule has 0 heterocycles. The molecule has 0 atom stereocenters. The Morgan fingerprint density at radius 2 is 2.00 bits per heavy atom. The van der Waals surface area contributed by atoms with Gasteiger partial charge in [-0.05, 0) is 24.5 Å². The zero-order valence-corrected chi connectivity index (χ0v) is 11.3. The lowest BCUT2D eigenvalue weighted by Crippen LogP contribution is -2.37. The van der Waals surface area contributed by atoms with Gasteiger partial charge in [0.1, 0.15) is 5.75 Å². The van der Waals surface area contributed by atoms with Crippen LogP contribution in [0.2, 0.25) is 0 Å². The van der Waals surface area contributed by atoms with Gasteiger partial charge in [-0.15, -0.1) is 11.6 Å². The first-order valence-corrected chi connectivity index (χ1v) is 6.51. The number of benzene rings is 1. The minimum absolute atomic E-state index is 0.157. The van der Waals surface area contributed by atoms with E-state index in [2.05, 4.69) is 10.6 Å². The highest BCUT2D eigenvalue weighted by atomic mass is 35.5. The van der Waals surface area contributed by atoms with Crippen molar-refractivity contribution in [3.8, 4) is 5.75 Å². The molecule has 5 heteroatoms. The number of urea groups is 1. The molecular formula is C13H19ClN2O2. The Labute approximate surface area is 113 Å². The van der Waals surface area contributed by atoms with Crippen LogP contribution in [-0.2, 0) is 6.42 Å². The Morgan fingerprint density at radius 3 is 2.72 bits per heavy atom. The molecular weight excluding hydrogens is 252 g/mol. The third kappa shape index (κ3) is 5.27. The van der Waals surface area contributed by atoms with Crippen molar-refractivity contribution in [3.63, 3.8) is 0 Å². The van der Waals surface area contributed by atoms with Gasteiger partial charge in [-0.2, -0.15) is 0 Å². The van der Waals surface area contributed by atoms with E-state index in [9.17, 15) is 4.79 Å². The largest absolute Gasteiger partial charge is 0.496 e. The number of rotatable bonds is 7. The molecule has 0 bridgehead atoms. The molecule has 100 valence electrons. The molecule has 0 radical (unpaired) electrons. The number of alkyl halides is 1. The van der Waals surface area contributed by atoms with Gasteiger partial charge in [0.2, 0.25) is 0 Å². The van der Waals surface area contributed by atoms with Crippen LogP contribution in [0, 0.1) is 0 Å². The van der Waals surface area contributed by atoms with Gasteiger partial charge < -0.3 is 15.4 Å². The second-order valence-corrected chi connectivity index (χ2v) is 4.17. The summed E-state index contributed by atoms with van der Waals surface area (Å²) in [7, 11) is 1.64. The number of ether oxygens (including phenoxy) is 1. The Kier molecular flexibility index (Phi) is 7.03. The lowest BCUT2D eigenvalue weighted by Gasteiger charge is -2.09. The van der Waals surface area contributed by atoms with E-state index in [1.54, 1.807) is 7.11 Å². The zero-order valence-electron chi connectivity index (χ0n) is 10.5. The summed E-state index contributed by atoms with van der Waals surface area (Å²) in [5, 5.41) is 5.53. The van der Waals surface area contributed by atoms with E-state index in [0.29, 0.717) is 19.0 Å². The maximum Gasteiger partial charge on any atom is 0.314 e. The number of hydrogen-bond acceptors (Lipinski definition) is 2. The summed E-state index contributed by atoms with van der Waals surface area (Å²) in [5.41, 5.74) is 1.08. The van der Waals surface area contributed by atoms with Gasteiger partial charge in [-0.3, -0.25) is 0 Å². The highest BCUT2D eigenvalue weighted by Crippen LogP contribution is 2.17. The lowest BCUT2D eigenvalue weighted by atomic mass is 10.1. The molecule has 1 rings (SSSR count). The maximum atomic E-state index is 11.4. The number of para-hydroxylation sites is 1. The van der Waals surface area contributed by atoms with Crippen molar-refractivity contribution < 1.29 is 9.53 Å². The molecule has 2 amide bonds. The Hall–Kier alpha value is -1.42. The average molecular weight is 271 g/mol. The number of nitrogens with one attached hydrogen (secondary N) is 2. The molecule has 0 aliphatic heterocycles. The van der Waals surface area contributed by atoms with Crippen LogP contribution >= 0.6 is 11.6 Å². The van der Waals surface area contributed by atoms with Crippen molar-refractivity contribution in [2.45, 2.75) is 12.8 Å². The van der Waals surface area contributed by atoms with E-state index in [-0.39, 0.29) is 6.03 Å². The maximum absolute atomic E-state index is 11.4. The second kappa shape index (κ2) is 8.64. The molecule has 0 unspecified atom stereocenters. The Morgan fingerprint density at radius 1 is 1.28 bits per heavy atom. The highest BCUT2D eigenvalue weighted by Gasteiger charge is 2.02. The summed E-state index contributed by atoms with van der Waals surface area (Å²) >= 11 is 5.52. The van der Waals surface area contributed by atoms with Gasteiger partial charge in [0.25, 0.3) is 0 Å². The van der Waals surface area contributed by atoms with Crippen LogP contribution in [0.25, 0.3) is 0 Å². The molecule has 0 aliphatic rings. The molecule has 18 heavy (non-hydrogen) atoms. The van der Waals surface area contributed by atoms with Crippen LogP contribution < -0.4 is 15.4 Å². The minimum Gasteiger partial charge on any atom is -0.496 e. The van der Waals surface area contributed by atoms with E-state index in [0.717, 1.165) is 24.2 Å². The predicted octanol–water partition coefficient (Wildman–Crippen LogP) is 2.17. The van der Waals surface area contributed by atoms with Crippen molar-refractivity contribution in [1.82, 2.24) is 10.6 Å². The average Bonchev–Trinajstić information content (AvgIpc) is 2.39. The fourth-order valence-electron chi connectivity index (χ4n) is 1.55. The Balaban J connectivity index is 2.26. The molecule has 4 nitrogen and oxygen atoms in total. The molecule has 0 aromatic heterocycles. The van der Waals surface area contributed by atoms with E-state index in [4.69, 9.17) is 16.3 Å². The van der Waals surface area contributed by atoms with Gasteiger partial charge in [0, 0.05) is 19.0 Å². The minimum atomic E-state index is -0.157. The van der Waals surface area contributed by atoms with Gasteiger partial charge in [-0.25, -0.2) is 4.79 Å². The molecule has 0 fully saturated rings. The third-order valence-electron chi connectivity index (χ3n) is 2.47. The first-order valence-electron chi connectivity index (χ1n) is 5.97. The number of carbonyl (C=O) groups is 1. The molecule has 0 saturated carbocycles. The van der Waals surface area contributed by atoms with Crippen molar-refractivity contribution >= 4 is 17.6 Å². The predicted molar refractivity (Wildman–Crippen MR) is 73.4 cm³/mol. The number of amides is 2. The van der Waals surface area contributed by atoms with Crippen molar-refractivity contribution in [3.05, 3.63) is 29.8 Å². The highest BCUT2D eigenvalue weighted by molar-refractivity contribution is 6.17. The summed E-state index contributed by atoms with van der Waals surface area (Å²) < 4.78 is 5.24. The molecule has 0 saturated heterocycles. The first-order chi connectivity index (χ1) is 8.77. The summed E-state index contributed by atoms with van der Waals surface area (Å²) in [6.07, 6.45) is 1.52. The van der Waals surface area contributed by atoms with Gasteiger partial charge >= 0.3 is 6.03 Å². The van der Waals surface area contributed by atoms with Crippen LogP contribution in [0.3, 0.4) is 0 Å². The second-order valence-electron chi connectivity index (χ2n) is 3.79. The molecule has 2 N–H and O–H groups in total. The van der Waals surface area contributed by atoms with E-state index >= 15 is 0 Å². The summed E-state index contributed by atoms with van der Waals surface area (Å²) in [6, 6.07) is 7.63. The van der Waals surface area contributed by atoms with Crippen LogP contribution in [0.4, 0.5) is 4.79 Å². The summed E-state index contributed by atoms with van der Waals surface area (Å²) in [5.74, 6) is 1.41. The van der Waals surface area contributed by atoms with Crippen molar-refractivity contribution in [1.29, 1.82) is 0 Å². The normalized spacial score (nSPS) is 9.89. The van der Waals surface area contributed by atoms with Crippen LogP contribution in [0.15, 0.2) is 24.3 Å². The smallest absolute Gasteiger partial charge is 0.314 e. The zero-order chi connectivity index (χ0) is 13.2. The van der Waals surface area contributed by atoms with Gasteiger partial charge in [0.05, 0.1) is 7.11 Å².